The second-order valence-corrected chi connectivity index (χ2v) is 7.74. The molecule has 0 aliphatic carbocycles. The Morgan fingerprint density at radius 3 is 2.63 bits per heavy atom. The van der Waals surface area contributed by atoms with Crippen molar-refractivity contribution in [3.05, 3.63) is 81.6 Å². The zero-order valence-electron chi connectivity index (χ0n) is 16.1. The van der Waals surface area contributed by atoms with Crippen LogP contribution in [0.1, 0.15) is 32.1 Å². The van der Waals surface area contributed by atoms with Crippen molar-refractivity contribution >= 4 is 51.7 Å². The number of nitrogens with one attached hydrogen (secondary N) is 1. The second-order valence-electron chi connectivity index (χ2n) is 6.82. The third-order valence-corrected chi connectivity index (χ3v) is 5.34. The molecule has 0 spiro atoms. The molecule has 3 N–H and O–H groups in total. The Labute approximate surface area is 181 Å². The fourth-order valence-corrected chi connectivity index (χ4v) is 3.44. The quantitative estimate of drug-likeness (QED) is 0.476. The number of rotatable bonds is 5. The summed E-state index contributed by atoms with van der Waals surface area (Å²) in [7, 11) is 1.69. The Kier molecular flexibility index (Phi) is 5.45. The van der Waals surface area contributed by atoms with Crippen molar-refractivity contribution in [1.29, 1.82) is 0 Å². The van der Waals surface area contributed by atoms with Gasteiger partial charge in [-0.15, -0.1) is 0 Å². The Hall–Kier alpha value is -3.33. The van der Waals surface area contributed by atoms with E-state index in [1.165, 1.54) is 6.07 Å². The van der Waals surface area contributed by atoms with Crippen LogP contribution in [0.15, 0.2) is 59.1 Å². The van der Waals surface area contributed by atoms with Crippen LogP contribution in [0.3, 0.4) is 0 Å². The number of aromatic nitrogens is 3. The number of carbonyl (C=O) groups excluding carboxylic acids is 2. The second kappa shape index (κ2) is 8.20. The van der Waals surface area contributed by atoms with Crippen LogP contribution in [0, 0.1) is 6.92 Å². The van der Waals surface area contributed by atoms with Crippen LogP contribution >= 0.6 is 15.9 Å². The maximum absolute atomic E-state index is 13.0. The molecular weight excluding hydrogens is 445 g/mol. The Balaban J connectivity index is 1.62. The number of anilines is 1. The van der Waals surface area contributed by atoms with E-state index < -0.39 is 5.91 Å². The van der Waals surface area contributed by atoms with Gasteiger partial charge in [0.25, 0.3) is 0 Å². The minimum atomic E-state index is -0.690. The van der Waals surface area contributed by atoms with Crippen molar-refractivity contribution in [3.8, 4) is 0 Å². The molecule has 0 atom stereocenters. The van der Waals surface area contributed by atoms with E-state index in [2.05, 4.69) is 31.1 Å². The first-order chi connectivity index (χ1) is 14.4. The topological polar surface area (TPSA) is 103 Å². The number of fused-ring (bicyclic) bond motifs is 1. The molecule has 2 aromatic carbocycles. The molecule has 9 heteroatoms. The molecule has 7 nitrogen and oxygen atoms in total. The first-order valence-corrected chi connectivity index (χ1v) is 9.99. The number of benzene rings is 2. The van der Waals surface area contributed by atoms with Gasteiger partial charge in [0.05, 0.1) is 0 Å². The van der Waals surface area contributed by atoms with Crippen LogP contribution in [0.2, 0.25) is 0 Å². The Morgan fingerprint density at radius 1 is 1.17 bits per heavy atom. The number of halogens is 1. The third kappa shape index (κ3) is 4.02. The molecule has 0 fully saturated rings. The van der Waals surface area contributed by atoms with E-state index >= 15 is 0 Å². The Bertz CT molecular complexity index is 1270. The van der Waals surface area contributed by atoms with E-state index in [0.717, 1.165) is 15.7 Å². The fraction of sp³-hybridized carbons (Fsp3) is 0.0952. The van der Waals surface area contributed by atoms with Crippen LogP contribution < -0.4 is 11.1 Å². The SMILES string of the molecule is Cc1c(NC(=O)c2cc(C(N)=O)nc3ccccc23)nbn1Cc1ccc(Br)cc1. The monoisotopic (exact) mass is 461 g/mol. The molecule has 0 bridgehead atoms. The van der Waals surface area contributed by atoms with Gasteiger partial charge in [-0.2, -0.15) is 0 Å². The molecule has 4 rings (SSSR count). The molecule has 148 valence electrons. The number of hydrogen-bond acceptors (Lipinski definition) is 4. The average Bonchev–Trinajstić information content (AvgIpc) is 3.08. The van der Waals surface area contributed by atoms with E-state index in [-0.39, 0.29) is 11.6 Å². The number of primary amides is 1. The van der Waals surface area contributed by atoms with E-state index in [1.807, 2.05) is 41.7 Å². The summed E-state index contributed by atoms with van der Waals surface area (Å²) in [6.45, 7) is 2.52. The summed E-state index contributed by atoms with van der Waals surface area (Å²) in [5, 5.41) is 3.47. The van der Waals surface area contributed by atoms with E-state index in [1.54, 1.807) is 25.4 Å². The van der Waals surface area contributed by atoms with Crippen LogP contribution in [-0.4, -0.2) is 33.4 Å². The molecule has 0 aliphatic rings. The predicted octanol–water partition coefficient (Wildman–Crippen LogP) is 3.24. The summed E-state index contributed by atoms with van der Waals surface area (Å²) in [5.41, 5.74) is 8.20. The molecule has 0 radical (unpaired) electrons. The number of para-hydroxylation sites is 1. The van der Waals surface area contributed by atoms with E-state index in [9.17, 15) is 9.59 Å². The number of hydrogen-bond donors (Lipinski definition) is 2. The standard InChI is InChI=1S/C21H17BBrN5O2/c1-12-20(27-22-28(12)11-13-6-8-14(23)9-7-13)26-21(30)16-10-18(19(24)29)25-17-5-3-2-4-15(16)17/h2-10H,11H2,1H3,(H2,24,29)(H,26,30). The van der Waals surface area contributed by atoms with Crippen molar-refractivity contribution in [2.24, 2.45) is 5.73 Å². The number of nitrogens with zero attached hydrogens (tertiary/aromatic N) is 3. The van der Waals surface area contributed by atoms with Gasteiger partial charge in [0, 0.05) is 0 Å². The summed E-state index contributed by atoms with van der Waals surface area (Å²) in [5.74, 6) is -0.614. The van der Waals surface area contributed by atoms with Crippen molar-refractivity contribution in [2.75, 3.05) is 5.32 Å². The number of nitrogens with two attached hydrogens (primary N) is 1. The minimum absolute atomic E-state index is 0.0383. The van der Waals surface area contributed by atoms with Crippen molar-refractivity contribution in [2.45, 2.75) is 13.5 Å². The summed E-state index contributed by atoms with van der Waals surface area (Å²) in [6, 6.07) is 16.5. The van der Waals surface area contributed by atoms with Crippen molar-refractivity contribution in [3.63, 3.8) is 0 Å². The van der Waals surface area contributed by atoms with Crippen molar-refractivity contribution < 1.29 is 9.59 Å². The van der Waals surface area contributed by atoms with Gasteiger partial charge in [-0.3, -0.25) is 0 Å². The van der Waals surface area contributed by atoms with E-state index in [0.29, 0.717) is 28.8 Å². The molecule has 30 heavy (non-hydrogen) atoms. The molecule has 0 unspecified atom stereocenters. The van der Waals surface area contributed by atoms with Gasteiger partial charge < -0.3 is 0 Å². The normalized spacial score (nSPS) is 10.7. The zero-order chi connectivity index (χ0) is 21.3. The number of pyridine rings is 1. The first kappa shape index (κ1) is 20.0. The molecule has 2 amide bonds. The zero-order valence-corrected chi connectivity index (χ0v) is 17.7. The van der Waals surface area contributed by atoms with Gasteiger partial charge in [-0.25, -0.2) is 0 Å². The fourth-order valence-electron chi connectivity index (χ4n) is 3.18. The van der Waals surface area contributed by atoms with Gasteiger partial charge in [0.15, 0.2) is 0 Å². The predicted molar refractivity (Wildman–Crippen MR) is 120 cm³/mol. The summed E-state index contributed by atoms with van der Waals surface area (Å²) in [4.78, 5) is 33.2. The number of carbonyl (C=O) groups is 2. The summed E-state index contributed by atoms with van der Waals surface area (Å²) >= 11 is 3.43. The van der Waals surface area contributed by atoms with Crippen LogP contribution in [0.25, 0.3) is 10.9 Å². The average molecular weight is 462 g/mol. The van der Waals surface area contributed by atoms with Gasteiger partial charge >= 0.3 is 182 Å². The van der Waals surface area contributed by atoms with E-state index in [4.69, 9.17) is 5.73 Å². The molecule has 0 aliphatic heterocycles. The molecule has 4 aromatic rings. The molecule has 0 saturated carbocycles. The van der Waals surface area contributed by atoms with Crippen LogP contribution in [0.5, 0.6) is 0 Å². The van der Waals surface area contributed by atoms with Gasteiger partial charge in [-0.1, -0.05) is 0 Å². The Morgan fingerprint density at radius 2 is 1.90 bits per heavy atom. The maximum atomic E-state index is 13.0. The summed E-state index contributed by atoms with van der Waals surface area (Å²) in [6.07, 6.45) is 0. The van der Waals surface area contributed by atoms with Crippen LogP contribution in [-0.2, 0) is 6.54 Å². The molecule has 2 aromatic heterocycles. The molecular formula is C21H17BBrN5O2. The summed E-state index contributed by atoms with van der Waals surface area (Å²) < 4.78 is 2.97. The van der Waals surface area contributed by atoms with Gasteiger partial charge in [0.1, 0.15) is 0 Å². The first-order valence-electron chi connectivity index (χ1n) is 9.19. The van der Waals surface area contributed by atoms with Crippen LogP contribution in [0.4, 0.5) is 5.82 Å². The molecule has 0 saturated heterocycles. The van der Waals surface area contributed by atoms with Gasteiger partial charge in [0.2, 0.25) is 0 Å². The number of amides is 2. The van der Waals surface area contributed by atoms with Gasteiger partial charge in [-0.05, 0) is 0 Å². The molecule has 2 heterocycles. The van der Waals surface area contributed by atoms with Crippen molar-refractivity contribution in [1.82, 2.24) is 14.3 Å². The third-order valence-electron chi connectivity index (χ3n) is 4.81.